The van der Waals surface area contributed by atoms with Crippen LogP contribution in [0, 0.1) is 34.5 Å². The van der Waals surface area contributed by atoms with Crippen LogP contribution in [0.1, 0.15) is 85.5 Å². The van der Waals surface area contributed by atoms with Crippen LogP contribution in [0.2, 0.25) is 0 Å². The fraction of sp³-hybridized carbons (Fsp3) is 0.875. The smallest absolute Gasteiger partial charge is 0.331 e. The Morgan fingerprint density at radius 2 is 1.88 bits per heavy atom. The predicted molar refractivity (Wildman–Crippen MR) is 149 cm³/mol. The maximum Gasteiger partial charge on any atom is 0.331 e. The number of ether oxygens (including phenoxy) is 5. The van der Waals surface area contributed by atoms with Crippen LogP contribution >= 0.6 is 0 Å². The van der Waals surface area contributed by atoms with Gasteiger partial charge in [-0.05, 0) is 80.6 Å². The third kappa shape index (κ3) is 4.69. The summed E-state index contributed by atoms with van der Waals surface area (Å²) in [7, 11) is 1.70. The van der Waals surface area contributed by atoms with Crippen molar-refractivity contribution in [2.75, 3.05) is 13.7 Å². The lowest BCUT2D eigenvalue weighted by molar-refractivity contribution is -0.254. The van der Waals surface area contributed by atoms with Crippen molar-refractivity contribution in [3.05, 3.63) is 11.6 Å². The molecule has 2 aliphatic heterocycles. The molecule has 0 radical (unpaired) electrons. The van der Waals surface area contributed by atoms with Crippen LogP contribution in [-0.4, -0.2) is 73.1 Å². The van der Waals surface area contributed by atoms with Crippen LogP contribution in [0.3, 0.4) is 0 Å². The number of fused-ring (bicyclic) bond motifs is 5. The summed E-state index contributed by atoms with van der Waals surface area (Å²) in [4.78, 5) is 24.2. The van der Waals surface area contributed by atoms with E-state index in [9.17, 15) is 14.7 Å². The molecule has 9 nitrogen and oxygen atoms in total. The number of nitrogens with two attached hydrogens (primary N) is 1. The number of carbonyl (C=O) groups excluding carboxylic acids is 2. The summed E-state index contributed by atoms with van der Waals surface area (Å²) in [5.74, 6) is 0.0945. The minimum absolute atomic E-state index is 0.0685. The zero-order valence-corrected chi connectivity index (χ0v) is 25.3. The number of aliphatic hydroxyl groups is 1. The van der Waals surface area contributed by atoms with E-state index in [1.807, 2.05) is 6.92 Å². The number of hydrogen-bond acceptors (Lipinski definition) is 9. The van der Waals surface area contributed by atoms with Crippen molar-refractivity contribution in [2.24, 2.45) is 40.2 Å². The molecule has 41 heavy (non-hydrogen) atoms. The molecule has 0 aromatic rings. The van der Waals surface area contributed by atoms with E-state index >= 15 is 0 Å². The average Bonchev–Trinajstić information content (AvgIpc) is 3.42. The first-order valence-electron chi connectivity index (χ1n) is 15.8. The summed E-state index contributed by atoms with van der Waals surface area (Å²) in [5, 5.41) is 12.7. The van der Waals surface area contributed by atoms with Gasteiger partial charge in [-0.15, -0.1) is 0 Å². The van der Waals surface area contributed by atoms with Gasteiger partial charge in [0.15, 0.2) is 6.29 Å². The Bertz CT molecular complexity index is 1080. The van der Waals surface area contributed by atoms with E-state index in [0.717, 1.165) is 50.5 Å². The number of cyclic esters (lactones) is 1. The third-order valence-electron chi connectivity index (χ3n) is 12.6. The summed E-state index contributed by atoms with van der Waals surface area (Å²) in [5.41, 5.74) is 5.75. The molecule has 0 aromatic carbocycles. The van der Waals surface area contributed by atoms with Gasteiger partial charge >= 0.3 is 11.9 Å². The molecule has 230 valence electrons. The quantitative estimate of drug-likeness (QED) is 0.373. The van der Waals surface area contributed by atoms with Crippen molar-refractivity contribution in [1.29, 1.82) is 0 Å². The summed E-state index contributed by atoms with van der Waals surface area (Å²) < 4.78 is 29.4. The van der Waals surface area contributed by atoms with E-state index in [2.05, 4.69) is 13.8 Å². The minimum Gasteiger partial charge on any atom is -0.462 e. The second-order valence-electron chi connectivity index (χ2n) is 14.4. The molecule has 0 amide bonds. The van der Waals surface area contributed by atoms with Crippen molar-refractivity contribution in [3.63, 3.8) is 0 Å². The topological polar surface area (TPSA) is 127 Å². The standard InChI is InChI=1S/C32H49NO8/c1-17-29(33)24(37-5)14-27(39-17)41-21-8-10-30(3)20(13-21)6-7-23-22(30)9-11-31(4)28(19-12-26(35)38-16-19)25(40-18(2)34)15-32(23,31)36/h12,17,20-25,27-29,36H,6-11,13-16,33H2,1-5H3. The summed E-state index contributed by atoms with van der Waals surface area (Å²) in [6.07, 6.45) is 8.65. The predicted octanol–water partition coefficient (Wildman–Crippen LogP) is 3.65. The van der Waals surface area contributed by atoms with Crippen LogP contribution in [0.5, 0.6) is 0 Å². The molecule has 1 saturated heterocycles. The molecule has 3 N–H and O–H groups in total. The molecular weight excluding hydrogens is 526 g/mol. The zero-order valence-electron chi connectivity index (χ0n) is 25.3. The first kappa shape index (κ1) is 29.5. The van der Waals surface area contributed by atoms with E-state index in [1.165, 1.54) is 6.92 Å². The van der Waals surface area contributed by atoms with Gasteiger partial charge in [0, 0.05) is 44.3 Å². The molecule has 5 fully saturated rings. The number of methoxy groups -OCH3 is 1. The first-order chi connectivity index (χ1) is 19.4. The molecule has 0 spiro atoms. The highest BCUT2D eigenvalue weighted by molar-refractivity contribution is 5.85. The number of hydrogen-bond donors (Lipinski definition) is 2. The molecule has 4 aliphatic carbocycles. The molecule has 13 unspecified atom stereocenters. The van der Waals surface area contributed by atoms with Gasteiger partial charge in [0.2, 0.25) is 0 Å². The van der Waals surface area contributed by atoms with Gasteiger partial charge in [-0.2, -0.15) is 0 Å². The number of carbonyl (C=O) groups is 2. The molecule has 9 heteroatoms. The maximum atomic E-state index is 12.7. The summed E-state index contributed by atoms with van der Waals surface area (Å²) in [6, 6.07) is -0.152. The summed E-state index contributed by atoms with van der Waals surface area (Å²) >= 11 is 0. The van der Waals surface area contributed by atoms with Gasteiger partial charge in [-0.1, -0.05) is 13.8 Å². The van der Waals surface area contributed by atoms with Crippen molar-refractivity contribution in [1.82, 2.24) is 0 Å². The number of rotatable bonds is 5. The highest BCUT2D eigenvalue weighted by Gasteiger charge is 2.71. The van der Waals surface area contributed by atoms with Gasteiger partial charge in [0.25, 0.3) is 0 Å². The first-order valence-corrected chi connectivity index (χ1v) is 15.8. The van der Waals surface area contributed by atoms with Crippen LogP contribution in [0.4, 0.5) is 0 Å². The lowest BCUT2D eigenvalue weighted by atomic mass is 9.43. The van der Waals surface area contributed by atoms with Crippen molar-refractivity contribution in [3.8, 4) is 0 Å². The summed E-state index contributed by atoms with van der Waals surface area (Å²) in [6.45, 7) is 8.22. The highest BCUT2D eigenvalue weighted by atomic mass is 16.7. The average molecular weight is 576 g/mol. The van der Waals surface area contributed by atoms with Gasteiger partial charge in [-0.3, -0.25) is 4.79 Å². The van der Waals surface area contributed by atoms with E-state index in [1.54, 1.807) is 13.2 Å². The second-order valence-corrected chi connectivity index (χ2v) is 14.4. The van der Waals surface area contributed by atoms with Gasteiger partial charge < -0.3 is 34.5 Å². The van der Waals surface area contributed by atoms with Crippen LogP contribution in [-0.2, 0) is 33.3 Å². The molecule has 2 heterocycles. The third-order valence-corrected chi connectivity index (χ3v) is 12.6. The Labute approximate surface area is 243 Å². The van der Waals surface area contributed by atoms with Crippen molar-refractivity contribution >= 4 is 11.9 Å². The van der Waals surface area contributed by atoms with E-state index < -0.39 is 17.1 Å². The minimum atomic E-state index is -0.978. The molecule has 6 aliphatic rings. The van der Waals surface area contributed by atoms with Crippen LogP contribution in [0.25, 0.3) is 0 Å². The second kappa shape index (κ2) is 10.6. The molecule has 0 aromatic heterocycles. The Hall–Kier alpha value is -1.52. The largest absolute Gasteiger partial charge is 0.462 e. The Balaban J connectivity index is 1.19. The molecule has 0 bridgehead atoms. The highest BCUT2D eigenvalue weighted by Crippen LogP contribution is 2.70. The van der Waals surface area contributed by atoms with Gasteiger partial charge in [0.1, 0.15) is 12.7 Å². The molecule has 4 saturated carbocycles. The van der Waals surface area contributed by atoms with E-state index in [-0.39, 0.29) is 66.4 Å². The van der Waals surface area contributed by atoms with Crippen LogP contribution < -0.4 is 5.73 Å². The van der Waals surface area contributed by atoms with E-state index in [0.29, 0.717) is 24.7 Å². The normalized spacial score (nSPS) is 51.2. The van der Waals surface area contributed by atoms with Gasteiger partial charge in [0.05, 0.1) is 30.0 Å². The van der Waals surface area contributed by atoms with Crippen molar-refractivity contribution in [2.45, 2.75) is 128 Å². The fourth-order valence-corrected chi connectivity index (χ4v) is 10.5. The number of esters is 2. The zero-order chi connectivity index (χ0) is 29.3. The Morgan fingerprint density at radius 3 is 2.56 bits per heavy atom. The van der Waals surface area contributed by atoms with E-state index in [4.69, 9.17) is 29.4 Å². The Kier molecular flexibility index (Phi) is 7.62. The Morgan fingerprint density at radius 1 is 1.10 bits per heavy atom. The SMILES string of the molecule is COC1CC(OC2CCC3(C)C(CCC4C3CCC3(C)C(C5=CC(=O)OC5)C(OC(C)=O)CC43O)C2)OC(C)C1N. The monoisotopic (exact) mass is 575 g/mol. The van der Waals surface area contributed by atoms with Crippen LogP contribution in [0.15, 0.2) is 11.6 Å². The van der Waals surface area contributed by atoms with Gasteiger partial charge in [-0.25, -0.2) is 4.79 Å². The molecule has 13 atom stereocenters. The fourth-order valence-electron chi connectivity index (χ4n) is 10.5. The molecule has 6 rings (SSSR count). The van der Waals surface area contributed by atoms with Crippen molar-refractivity contribution < 1.29 is 38.4 Å². The lowest BCUT2D eigenvalue weighted by Gasteiger charge is -2.63. The maximum absolute atomic E-state index is 12.7. The molecular formula is C32H49NO8. The lowest BCUT2D eigenvalue weighted by Crippen LogP contribution is -2.62.